The Morgan fingerprint density at radius 2 is 2.08 bits per heavy atom. The van der Waals surface area contributed by atoms with Crippen LogP contribution in [0.2, 0.25) is 0 Å². The molecule has 0 aliphatic rings. The van der Waals surface area contributed by atoms with E-state index in [-0.39, 0.29) is 0 Å². The van der Waals surface area contributed by atoms with Crippen molar-refractivity contribution in [1.29, 1.82) is 0 Å². The van der Waals surface area contributed by atoms with Crippen LogP contribution in [0.15, 0.2) is 18.3 Å². The number of nitrogens with two attached hydrogens (primary N) is 2. The van der Waals surface area contributed by atoms with Crippen LogP contribution in [0.4, 0.5) is 10.2 Å². The van der Waals surface area contributed by atoms with E-state index >= 15 is 0 Å². The summed E-state index contributed by atoms with van der Waals surface area (Å²) in [7, 11) is 0.500. The number of carbonyl (C=O) groups excluding carboxylic acids is 1. The second-order valence-corrected chi connectivity index (χ2v) is 1.84. The molecule has 4 N–H and O–H groups in total. The zero-order valence-electron chi connectivity index (χ0n) is 6.62. The van der Waals surface area contributed by atoms with Gasteiger partial charge in [-0.15, -0.1) is 0 Å². The summed E-state index contributed by atoms with van der Waals surface area (Å²) in [6.45, 7) is 0. The molecule has 4 nitrogen and oxygen atoms in total. The van der Waals surface area contributed by atoms with Crippen LogP contribution in [0.25, 0.3) is 0 Å². The second-order valence-electron chi connectivity index (χ2n) is 1.84. The fraction of sp³-hybridized carbons (Fsp3) is 0.143. The molecule has 1 amide bonds. The van der Waals surface area contributed by atoms with E-state index in [1.165, 1.54) is 18.3 Å². The minimum Gasteiger partial charge on any atom is -0.384 e. The first-order chi connectivity index (χ1) is 5.70. The normalized spacial score (nSPS) is 8.17. The molecule has 5 heteroatoms. The lowest BCUT2D eigenvalue weighted by atomic mass is 10.3. The van der Waals surface area contributed by atoms with E-state index in [1.54, 1.807) is 0 Å². The van der Waals surface area contributed by atoms with E-state index in [2.05, 4.69) is 4.98 Å². The number of nitrogen functional groups attached to an aromatic ring is 1. The number of alkyl halides is 1. The van der Waals surface area contributed by atoms with Gasteiger partial charge in [-0.05, 0) is 12.1 Å². The molecule has 0 saturated heterocycles. The van der Waals surface area contributed by atoms with Gasteiger partial charge in [0.2, 0.25) is 5.91 Å². The number of hydrogen-bond acceptors (Lipinski definition) is 3. The van der Waals surface area contributed by atoms with Crippen LogP contribution in [-0.4, -0.2) is 18.1 Å². The van der Waals surface area contributed by atoms with Gasteiger partial charge >= 0.3 is 0 Å². The molecule has 0 aliphatic carbocycles. The Labute approximate surface area is 69.4 Å². The summed E-state index contributed by atoms with van der Waals surface area (Å²) < 4.78 is 9.50. The average molecular weight is 171 g/mol. The first kappa shape index (κ1) is 10.3. The Morgan fingerprint density at radius 3 is 2.42 bits per heavy atom. The van der Waals surface area contributed by atoms with Crippen LogP contribution in [0.5, 0.6) is 0 Å². The smallest absolute Gasteiger partial charge is 0.250 e. The summed E-state index contributed by atoms with van der Waals surface area (Å²) in [5.74, 6) is -0.113. The van der Waals surface area contributed by atoms with E-state index in [4.69, 9.17) is 11.5 Å². The Kier molecular flexibility index (Phi) is 4.36. The van der Waals surface area contributed by atoms with E-state index < -0.39 is 5.91 Å². The highest BCUT2D eigenvalue weighted by atomic mass is 19.1. The van der Waals surface area contributed by atoms with E-state index in [9.17, 15) is 9.18 Å². The van der Waals surface area contributed by atoms with Crippen molar-refractivity contribution < 1.29 is 9.18 Å². The molecule has 0 saturated carbocycles. The van der Waals surface area contributed by atoms with Crippen molar-refractivity contribution in [2.75, 3.05) is 12.9 Å². The number of amides is 1. The molecule has 0 unspecified atom stereocenters. The van der Waals surface area contributed by atoms with Gasteiger partial charge in [0, 0.05) is 6.20 Å². The third-order valence-corrected chi connectivity index (χ3v) is 1.07. The quantitative estimate of drug-likeness (QED) is 0.639. The summed E-state index contributed by atoms with van der Waals surface area (Å²) in [6, 6.07) is 3.06. The number of carbonyl (C=O) groups is 1. The Bertz CT molecular complexity index is 247. The molecule has 0 atom stereocenters. The fourth-order valence-electron chi connectivity index (χ4n) is 0.551. The summed E-state index contributed by atoms with van der Waals surface area (Å²) in [4.78, 5) is 14.1. The van der Waals surface area contributed by atoms with Crippen molar-refractivity contribution in [3.05, 3.63) is 23.9 Å². The molecule has 1 aromatic rings. The fourth-order valence-corrected chi connectivity index (χ4v) is 0.551. The van der Waals surface area contributed by atoms with Gasteiger partial charge in [-0.25, -0.2) is 4.98 Å². The Morgan fingerprint density at radius 1 is 1.50 bits per heavy atom. The van der Waals surface area contributed by atoms with Crippen LogP contribution in [0.3, 0.4) is 0 Å². The minimum absolute atomic E-state index is 0.370. The van der Waals surface area contributed by atoms with Gasteiger partial charge in [-0.2, -0.15) is 0 Å². The van der Waals surface area contributed by atoms with Crippen LogP contribution >= 0.6 is 0 Å². The van der Waals surface area contributed by atoms with Crippen molar-refractivity contribution in [3.63, 3.8) is 0 Å². The molecule has 0 radical (unpaired) electrons. The molecular formula is C7H10FN3O. The molecule has 66 valence electrons. The molecule has 0 bridgehead atoms. The lowest BCUT2D eigenvalue weighted by Crippen LogP contribution is -2.11. The minimum atomic E-state index is -0.493. The highest BCUT2D eigenvalue weighted by molar-refractivity contribution is 5.92. The maximum absolute atomic E-state index is 10.5. The number of rotatable bonds is 1. The van der Waals surface area contributed by atoms with Crippen LogP contribution in [0.1, 0.15) is 10.4 Å². The summed E-state index contributed by atoms with van der Waals surface area (Å²) in [5, 5.41) is 0. The van der Waals surface area contributed by atoms with Gasteiger partial charge in [0.25, 0.3) is 0 Å². The number of nitrogens with zero attached hydrogens (tertiary/aromatic N) is 1. The van der Waals surface area contributed by atoms with E-state index in [0.717, 1.165) is 0 Å². The van der Waals surface area contributed by atoms with Crippen molar-refractivity contribution in [3.8, 4) is 0 Å². The Balaban J connectivity index is 0.000000561. The molecule has 1 rings (SSSR count). The van der Waals surface area contributed by atoms with E-state index in [0.29, 0.717) is 18.6 Å². The standard InChI is InChI=1S/C6H7N3O.CH3F/c7-5-2-1-4(3-9-5)6(8)10;1-2/h1-3H,(H2,7,9)(H2,8,10);1H3. The highest BCUT2D eigenvalue weighted by Gasteiger charge is 1.97. The molecule has 0 spiro atoms. The average Bonchev–Trinajstić information content (AvgIpc) is 2.09. The van der Waals surface area contributed by atoms with Crippen molar-refractivity contribution in [2.45, 2.75) is 0 Å². The molecule has 0 aliphatic heterocycles. The maximum Gasteiger partial charge on any atom is 0.250 e. The SMILES string of the molecule is CF.NC(=O)c1ccc(N)nc1. The first-order valence-corrected chi connectivity index (χ1v) is 3.09. The van der Waals surface area contributed by atoms with Crippen molar-refractivity contribution >= 4 is 11.7 Å². The van der Waals surface area contributed by atoms with Crippen molar-refractivity contribution in [1.82, 2.24) is 4.98 Å². The number of hydrogen-bond donors (Lipinski definition) is 2. The largest absolute Gasteiger partial charge is 0.384 e. The van der Waals surface area contributed by atoms with Gasteiger partial charge in [-0.3, -0.25) is 9.18 Å². The van der Waals surface area contributed by atoms with Gasteiger partial charge in [0.1, 0.15) is 5.82 Å². The number of anilines is 1. The lowest BCUT2D eigenvalue weighted by Gasteiger charge is -1.93. The first-order valence-electron chi connectivity index (χ1n) is 3.09. The van der Waals surface area contributed by atoms with Crippen LogP contribution in [-0.2, 0) is 0 Å². The maximum atomic E-state index is 10.5. The van der Waals surface area contributed by atoms with E-state index in [1.807, 2.05) is 0 Å². The molecule has 0 aromatic carbocycles. The zero-order valence-corrected chi connectivity index (χ0v) is 6.62. The molecule has 0 fully saturated rings. The molecule has 12 heavy (non-hydrogen) atoms. The van der Waals surface area contributed by atoms with Crippen LogP contribution < -0.4 is 11.5 Å². The third kappa shape index (κ3) is 2.96. The van der Waals surface area contributed by atoms with Crippen molar-refractivity contribution in [2.24, 2.45) is 5.73 Å². The summed E-state index contributed by atoms with van der Waals surface area (Å²) >= 11 is 0. The topological polar surface area (TPSA) is 82.0 Å². The predicted octanol–water partition coefficient (Wildman–Crippen LogP) is 0.348. The summed E-state index contributed by atoms with van der Waals surface area (Å²) in [5.41, 5.74) is 10.6. The van der Waals surface area contributed by atoms with Gasteiger partial charge in [0.15, 0.2) is 0 Å². The third-order valence-electron chi connectivity index (χ3n) is 1.07. The molecule has 1 heterocycles. The Hall–Kier alpha value is -1.65. The van der Waals surface area contributed by atoms with Gasteiger partial charge in [0.05, 0.1) is 12.7 Å². The number of aromatic nitrogens is 1. The number of pyridine rings is 1. The van der Waals surface area contributed by atoms with Gasteiger partial charge < -0.3 is 11.5 Å². The highest BCUT2D eigenvalue weighted by Crippen LogP contribution is 1.98. The molecule has 1 aromatic heterocycles. The zero-order chi connectivity index (χ0) is 9.56. The predicted molar refractivity (Wildman–Crippen MR) is 44.2 cm³/mol. The summed E-state index contributed by atoms with van der Waals surface area (Å²) in [6.07, 6.45) is 1.34. The number of primary amides is 1. The molecular weight excluding hydrogens is 161 g/mol. The lowest BCUT2D eigenvalue weighted by molar-refractivity contribution is 0.1000. The van der Waals surface area contributed by atoms with Crippen LogP contribution in [0, 0.1) is 0 Å². The van der Waals surface area contributed by atoms with Gasteiger partial charge in [-0.1, -0.05) is 0 Å². The monoisotopic (exact) mass is 171 g/mol. The number of halogens is 1. The second kappa shape index (κ2) is 5.06.